The van der Waals surface area contributed by atoms with Gasteiger partial charge in [-0.25, -0.2) is 0 Å². The van der Waals surface area contributed by atoms with Crippen LogP contribution in [-0.2, 0) is 0 Å². The maximum absolute atomic E-state index is 4.40. The molecular formula is C10H10N2. The first-order valence-corrected chi connectivity index (χ1v) is 4.35. The van der Waals surface area contributed by atoms with Crippen LogP contribution in [0.3, 0.4) is 0 Å². The quantitative estimate of drug-likeness (QED) is 0.623. The maximum Gasteiger partial charge on any atom is 0.0701 e. The van der Waals surface area contributed by atoms with Gasteiger partial charge in [0.25, 0.3) is 0 Å². The Bertz CT molecular complexity index is 355. The van der Waals surface area contributed by atoms with Crippen molar-refractivity contribution in [2.45, 2.75) is 18.9 Å². The minimum atomic E-state index is 0.471. The van der Waals surface area contributed by atoms with Crippen molar-refractivity contribution in [1.82, 2.24) is 10.3 Å². The summed E-state index contributed by atoms with van der Waals surface area (Å²) in [5, 5.41) is 3.35. The molecule has 1 aromatic rings. The zero-order chi connectivity index (χ0) is 7.97. The average Bonchev–Trinajstić information content (AvgIpc) is 2.20. The average molecular weight is 158 g/mol. The van der Waals surface area contributed by atoms with E-state index in [1.807, 2.05) is 12.3 Å². The van der Waals surface area contributed by atoms with Gasteiger partial charge in [-0.3, -0.25) is 4.98 Å². The molecule has 1 aromatic heterocycles. The van der Waals surface area contributed by atoms with Crippen molar-refractivity contribution < 1.29 is 0 Å². The molecule has 0 radical (unpaired) electrons. The van der Waals surface area contributed by atoms with E-state index in [1.165, 1.54) is 29.7 Å². The lowest BCUT2D eigenvalue weighted by Gasteiger charge is -2.31. The van der Waals surface area contributed by atoms with E-state index in [1.54, 1.807) is 0 Å². The van der Waals surface area contributed by atoms with Crippen LogP contribution >= 0.6 is 0 Å². The fourth-order valence-corrected chi connectivity index (χ4v) is 2.05. The number of nitrogens with zero attached hydrogens (tertiary/aromatic N) is 1. The third kappa shape index (κ3) is 0.670. The first kappa shape index (κ1) is 6.23. The number of aromatic nitrogens is 1. The summed E-state index contributed by atoms with van der Waals surface area (Å²) in [5.41, 5.74) is 4.01. The van der Waals surface area contributed by atoms with Crippen LogP contribution in [0.1, 0.15) is 30.1 Å². The van der Waals surface area contributed by atoms with Crippen LogP contribution in [-0.4, -0.2) is 4.98 Å². The van der Waals surface area contributed by atoms with Gasteiger partial charge in [-0.1, -0.05) is 6.07 Å². The maximum atomic E-state index is 4.40. The Hall–Kier alpha value is -1.31. The molecule has 0 aromatic carbocycles. The monoisotopic (exact) mass is 158 g/mol. The van der Waals surface area contributed by atoms with Gasteiger partial charge in [0.05, 0.1) is 11.7 Å². The van der Waals surface area contributed by atoms with Crippen LogP contribution < -0.4 is 5.32 Å². The molecule has 0 spiro atoms. The Balaban J connectivity index is 2.28. The number of pyridine rings is 1. The first-order chi connectivity index (χ1) is 5.95. The minimum Gasteiger partial charge on any atom is -0.382 e. The van der Waals surface area contributed by atoms with Gasteiger partial charge in [-0.2, -0.15) is 0 Å². The molecule has 0 saturated heterocycles. The Morgan fingerprint density at radius 2 is 2.50 bits per heavy atom. The number of hydrogen-bond acceptors (Lipinski definition) is 2. The van der Waals surface area contributed by atoms with E-state index in [-0.39, 0.29) is 0 Å². The molecule has 2 heteroatoms. The fraction of sp³-hybridized carbons (Fsp3) is 0.300. The van der Waals surface area contributed by atoms with E-state index in [2.05, 4.69) is 22.6 Å². The van der Waals surface area contributed by atoms with Crippen molar-refractivity contribution in [3.05, 3.63) is 35.8 Å². The van der Waals surface area contributed by atoms with Crippen molar-refractivity contribution in [2.24, 2.45) is 0 Å². The van der Waals surface area contributed by atoms with E-state index in [9.17, 15) is 0 Å². The van der Waals surface area contributed by atoms with Crippen LogP contribution in [0.15, 0.2) is 24.5 Å². The second kappa shape index (κ2) is 2.09. The Kier molecular flexibility index (Phi) is 1.09. The molecule has 1 N–H and O–H groups in total. The predicted molar refractivity (Wildman–Crippen MR) is 47.3 cm³/mol. The van der Waals surface area contributed by atoms with Crippen LogP contribution in [0.4, 0.5) is 0 Å². The van der Waals surface area contributed by atoms with Gasteiger partial charge >= 0.3 is 0 Å². The van der Waals surface area contributed by atoms with Gasteiger partial charge in [-0.15, -0.1) is 0 Å². The molecule has 60 valence electrons. The summed E-state index contributed by atoms with van der Waals surface area (Å²) in [6.07, 6.45) is 6.42. The van der Waals surface area contributed by atoms with E-state index in [0.29, 0.717) is 6.04 Å². The Labute approximate surface area is 71.3 Å². The molecular weight excluding hydrogens is 148 g/mol. The zero-order valence-corrected chi connectivity index (χ0v) is 6.75. The normalized spacial score (nSPS) is 24.3. The molecule has 3 heterocycles. The highest BCUT2D eigenvalue weighted by Gasteiger charge is 2.27. The van der Waals surface area contributed by atoms with Crippen LogP contribution in [0.2, 0.25) is 0 Å². The van der Waals surface area contributed by atoms with Crippen molar-refractivity contribution in [3.63, 3.8) is 0 Å². The van der Waals surface area contributed by atoms with Crippen LogP contribution in [0.25, 0.3) is 5.57 Å². The lowest BCUT2D eigenvalue weighted by atomic mass is 9.85. The van der Waals surface area contributed by atoms with Crippen molar-refractivity contribution in [1.29, 1.82) is 0 Å². The lowest BCUT2D eigenvalue weighted by Crippen LogP contribution is -2.27. The molecule has 0 fully saturated rings. The molecule has 2 bridgehead atoms. The highest BCUT2D eigenvalue weighted by atomic mass is 14.9. The van der Waals surface area contributed by atoms with Gasteiger partial charge in [-0.05, 0) is 24.5 Å². The summed E-state index contributed by atoms with van der Waals surface area (Å²) in [4.78, 5) is 4.40. The SMILES string of the molecule is C1=C2CCC(N1)c1ncccc12. The minimum absolute atomic E-state index is 0.471. The number of rotatable bonds is 0. The predicted octanol–water partition coefficient (Wildman–Crippen LogP) is 1.86. The molecule has 3 aliphatic rings. The molecule has 2 aliphatic heterocycles. The molecule has 2 nitrogen and oxygen atoms in total. The van der Waals surface area contributed by atoms with Crippen molar-refractivity contribution in [2.75, 3.05) is 0 Å². The largest absolute Gasteiger partial charge is 0.382 e. The van der Waals surface area contributed by atoms with Gasteiger partial charge in [0.1, 0.15) is 0 Å². The van der Waals surface area contributed by atoms with E-state index >= 15 is 0 Å². The third-order valence-corrected chi connectivity index (χ3v) is 2.68. The molecule has 0 saturated carbocycles. The summed E-state index contributed by atoms with van der Waals surface area (Å²) in [7, 11) is 0. The second-order valence-electron chi connectivity index (χ2n) is 3.36. The first-order valence-electron chi connectivity index (χ1n) is 4.35. The van der Waals surface area contributed by atoms with E-state index < -0.39 is 0 Å². The number of nitrogens with one attached hydrogen (secondary N) is 1. The fourth-order valence-electron chi connectivity index (χ4n) is 2.05. The molecule has 1 unspecified atom stereocenters. The number of fused-ring (bicyclic) bond motifs is 2. The summed E-state index contributed by atoms with van der Waals surface area (Å²) in [6, 6.07) is 4.65. The highest BCUT2D eigenvalue weighted by molar-refractivity contribution is 5.71. The molecule has 0 amide bonds. The molecule has 1 atom stereocenters. The lowest BCUT2D eigenvalue weighted by molar-refractivity contribution is 0.526. The summed E-state index contributed by atoms with van der Waals surface area (Å²) in [6.45, 7) is 0. The van der Waals surface area contributed by atoms with Gasteiger partial charge < -0.3 is 5.32 Å². The second-order valence-corrected chi connectivity index (χ2v) is 3.36. The zero-order valence-electron chi connectivity index (χ0n) is 6.75. The van der Waals surface area contributed by atoms with Crippen LogP contribution in [0, 0.1) is 0 Å². The standard InChI is InChI=1S/C10H10N2/c1-2-8-7-3-4-9(12-6-7)10(8)11-5-1/h1-2,5-6,9,12H,3-4H2. The van der Waals surface area contributed by atoms with Gasteiger partial charge in [0, 0.05) is 18.0 Å². The van der Waals surface area contributed by atoms with Crippen LogP contribution in [0.5, 0.6) is 0 Å². The van der Waals surface area contributed by atoms with E-state index in [0.717, 1.165) is 0 Å². The highest BCUT2D eigenvalue weighted by Crippen LogP contribution is 2.38. The number of allylic oxidation sites excluding steroid dienone is 1. The van der Waals surface area contributed by atoms with Gasteiger partial charge in [0.2, 0.25) is 0 Å². The summed E-state index contributed by atoms with van der Waals surface area (Å²) in [5.74, 6) is 0. The number of hydrogen-bond donors (Lipinski definition) is 1. The Morgan fingerprint density at radius 3 is 3.25 bits per heavy atom. The van der Waals surface area contributed by atoms with Crippen molar-refractivity contribution >= 4 is 5.57 Å². The molecule has 4 rings (SSSR count). The topological polar surface area (TPSA) is 24.9 Å². The third-order valence-electron chi connectivity index (χ3n) is 2.68. The smallest absolute Gasteiger partial charge is 0.0701 e. The molecule has 12 heavy (non-hydrogen) atoms. The van der Waals surface area contributed by atoms with E-state index in [4.69, 9.17) is 0 Å². The van der Waals surface area contributed by atoms with Gasteiger partial charge in [0.15, 0.2) is 0 Å². The summed E-state index contributed by atoms with van der Waals surface area (Å²) >= 11 is 0. The summed E-state index contributed by atoms with van der Waals surface area (Å²) < 4.78 is 0. The van der Waals surface area contributed by atoms with Crippen molar-refractivity contribution in [3.8, 4) is 0 Å². The molecule has 1 aliphatic carbocycles. The Morgan fingerprint density at radius 1 is 1.50 bits per heavy atom.